The average molecular weight is 425 g/mol. The number of nitrogens with zero attached hydrogens (tertiary/aromatic N) is 5. The third-order valence-electron chi connectivity index (χ3n) is 6.22. The first-order valence-corrected chi connectivity index (χ1v) is 10.9. The third kappa shape index (κ3) is 3.35. The highest BCUT2D eigenvalue weighted by atomic mass is 16.5. The Kier molecular flexibility index (Phi) is 4.69. The van der Waals surface area contributed by atoms with Crippen LogP contribution in [0.1, 0.15) is 29.8 Å². The van der Waals surface area contributed by atoms with Gasteiger partial charge in [-0.15, -0.1) is 0 Å². The number of ether oxygens (including phenoxy) is 2. The summed E-state index contributed by atoms with van der Waals surface area (Å²) >= 11 is 0. The normalized spacial score (nSPS) is 18.3. The molecule has 7 heteroatoms. The summed E-state index contributed by atoms with van der Waals surface area (Å²) in [5, 5.41) is 1.05. The van der Waals surface area contributed by atoms with Crippen LogP contribution in [0.2, 0.25) is 0 Å². The molecule has 4 heterocycles. The Morgan fingerprint density at radius 3 is 2.69 bits per heavy atom. The van der Waals surface area contributed by atoms with Crippen molar-refractivity contribution in [2.45, 2.75) is 18.4 Å². The second-order valence-electron chi connectivity index (χ2n) is 8.24. The van der Waals surface area contributed by atoms with Gasteiger partial charge in [0.2, 0.25) is 5.95 Å². The van der Waals surface area contributed by atoms with E-state index in [0.29, 0.717) is 0 Å². The summed E-state index contributed by atoms with van der Waals surface area (Å²) in [4.78, 5) is 21.4. The number of methoxy groups -OCH3 is 1. The number of aromatic nitrogens is 4. The van der Waals surface area contributed by atoms with Gasteiger partial charge in [0.05, 0.1) is 42.5 Å². The van der Waals surface area contributed by atoms with E-state index >= 15 is 0 Å². The zero-order chi connectivity index (χ0) is 21.5. The van der Waals surface area contributed by atoms with Crippen LogP contribution in [0.3, 0.4) is 0 Å². The lowest BCUT2D eigenvalue weighted by Crippen LogP contribution is -2.46. The largest absolute Gasteiger partial charge is 0.497 e. The monoisotopic (exact) mass is 425 g/mol. The summed E-state index contributed by atoms with van der Waals surface area (Å²) < 4.78 is 11.1. The number of para-hydroxylation sites is 1. The van der Waals surface area contributed by atoms with Crippen LogP contribution in [0.4, 0.5) is 5.95 Å². The minimum Gasteiger partial charge on any atom is -0.497 e. The SMILES string of the molecule is COc1cccc(-c2ncc(C3CCO3)nc2C2CN(c3ncc4ccccc4n3)C2)c1. The second-order valence-corrected chi connectivity index (χ2v) is 8.24. The predicted octanol–water partition coefficient (Wildman–Crippen LogP) is 4.16. The zero-order valence-corrected chi connectivity index (χ0v) is 17.8. The fraction of sp³-hybridized carbons (Fsp3) is 0.280. The van der Waals surface area contributed by atoms with Gasteiger partial charge in [-0.25, -0.2) is 9.97 Å². The molecule has 6 rings (SSSR count). The molecule has 2 saturated heterocycles. The Bertz CT molecular complexity index is 1280. The molecule has 2 fully saturated rings. The summed E-state index contributed by atoms with van der Waals surface area (Å²) in [5.41, 5.74) is 4.79. The lowest BCUT2D eigenvalue weighted by atomic mass is 9.92. The Morgan fingerprint density at radius 1 is 1.00 bits per heavy atom. The maximum absolute atomic E-state index is 5.66. The Labute approximate surface area is 186 Å². The minimum atomic E-state index is 0.0561. The maximum Gasteiger partial charge on any atom is 0.225 e. The molecule has 0 saturated carbocycles. The molecule has 32 heavy (non-hydrogen) atoms. The molecule has 7 nitrogen and oxygen atoms in total. The van der Waals surface area contributed by atoms with Gasteiger partial charge in [-0.1, -0.05) is 30.3 Å². The lowest BCUT2D eigenvalue weighted by molar-refractivity contribution is -0.0555. The van der Waals surface area contributed by atoms with E-state index in [0.717, 1.165) is 71.4 Å². The highest BCUT2D eigenvalue weighted by Gasteiger charge is 2.35. The molecule has 2 aliphatic heterocycles. The highest BCUT2D eigenvalue weighted by molar-refractivity contribution is 5.78. The van der Waals surface area contributed by atoms with E-state index in [1.807, 2.05) is 54.9 Å². The molecule has 2 aromatic heterocycles. The first kappa shape index (κ1) is 19.1. The molecular formula is C25H23N5O2. The second kappa shape index (κ2) is 7.84. The molecule has 0 bridgehead atoms. The fourth-order valence-corrected chi connectivity index (χ4v) is 4.25. The van der Waals surface area contributed by atoms with Crippen LogP contribution >= 0.6 is 0 Å². The standard InChI is InChI=1S/C25H23N5O2/c1-31-19-7-4-6-16(11-19)23-24(28-21(13-26-23)22-9-10-32-22)18-14-30(15-18)25-27-12-17-5-2-3-8-20(17)29-25/h2-8,11-13,18,22H,9-10,14-15H2,1H3. The van der Waals surface area contributed by atoms with Gasteiger partial charge in [0, 0.05) is 42.6 Å². The first-order valence-electron chi connectivity index (χ1n) is 10.9. The van der Waals surface area contributed by atoms with E-state index in [1.165, 1.54) is 0 Å². The molecule has 0 radical (unpaired) electrons. The maximum atomic E-state index is 5.66. The van der Waals surface area contributed by atoms with Gasteiger partial charge in [-0.3, -0.25) is 9.97 Å². The summed E-state index contributed by atoms with van der Waals surface area (Å²) in [7, 11) is 1.68. The van der Waals surface area contributed by atoms with Crippen LogP contribution in [0.5, 0.6) is 5.75 Å². The van der Waals surface area contributed by atoms with Crippen molar-refractivity contribution in [1.29, 1.82) is 0 Å². The number of hydrogen-bond donors (Lipinski definition) is 0. The van der Waals surface area contributed by atoms with E-state index in [1.54, 1.807) is 7.11 Å². The number of hydrogen-bond acceptors (Lipinski definition) is 7. The fourth-order valence-electron chi connectivity index (χ4n) is 4.25. The van der Waals surface area contributed by atoms with Crippen molar-refractivity contribution >= 4 is 16.9 Å². The van der Waals surface area contributed by atoms with Gasteiger partial charge >= 0.3 is 0 Å². The van der Waals surface area contributed by atoms with Crippen molar-refractivity contribution < 1.29 is 9.47 Å². The average Bonchev–Trinajstić information content (AvgIpc) is 2.77. The van der Waals surface area contributed by atoms with E-state index in [4.69, 9.17) is 24.4 Å². The molecule has 1 unspecified atom stereocenters. The first-order chi connectivity index (χ1) is 15.8. The van der Waals surface area contributed by atoms with Crippen LogP contribution in [0, 0.1) is 0 Å². The summed E-state index contributed by atoms with van der Waals surface area (Å²) in [5.74, 6) is 1.81. The summed E-state index contributed by atoms with van der Waals surface area (Å²) in [6, 6.07) is 16.0. The number of benzene rings is 2. The molecule has 1 atom stereocenters. The van der Waals surface area contributed by atoms with Crippen molar-refractivity contribution in [3.05, 3.63) is 72.3 Å². The van der Waals surface area contributed by atoms with Gasteiger partial charge in [-0.2, -0.15) is 0 Å². The quantitative estimate of drug-likeness (QED) is 0.475. The number of fused-ring (bicyclic) bond motifs is 1. The van der Waals surface area contributed by atoms with Gasteiger partial charge < -0.3 is 14.4 Å². The van der Waals surface area contributed by atoms with Crippen molar-refractivity contribution in [3.8, 4) is 17.0 Å². The van der Waals surface area contributed by atoms with Gasteiger partial charge in [0.25, 0.3) is 0 Å². The summed E-state index contributed by atoms with van der Waals surface area (Å²) in [6.45, 7) is 2.40. The Hall–Kier alpha value is -3.58. The van der Waals surface area contributed by atoms with Crippen LogP contribution in [-0.4, -0.2) is 46.7 Å². The smallest absolute Gasteiger partial charge is 0.225 e. The minimum absolute atomic E-state index is 0.0561. The molecule has 0 aliphatic carbocycles. The van der Waals surface area contributed by atoms with Crippen molar-refractivity contribution in [3.63, 3.8) is 0 Å². The van der Waals surface area contributed by atoms with Gasteiger partial charge in [-0.05, 0) is 18.2 Å². The molecule has 160 valence electrons. The molecular weight excluding hydrogens is 402 g/mol. The predicted molar refractivity (Wildman–Crippen MR) is 122 cm³/mol. The molecule has 0 N–H and O–H groups in total. The third-order valence-corrected chi connectivity index (χ3v) is 6.22. The lowest BCUT2D eigenvalue weighted by Gasteiger charge is -2.39. The van der Waals surface area contributed by atoms with Crippen molar-refractivity contribution in [2.24, 2.45) is 0 Å². The zero-order valence-electron chi connectivity index (χ0n) is 17.8. The van der Waals surface area contributed by atoms with E-state index in [9.17, 15) is 0 Å². The van der Waals surface area contributed by atoms with E-state index in [2.05, 4.69) is 16.0 Å². The molecule has 0 spiro atoms. The van der Waals surface area contributed by atoms with Crippen molar-refractivity contribution in [1.82, 2.24) is 19.9 Å². The van der Waals surface area contributed by atoms with E-state index < -0.39 is 0 Å². The van der Waals surface area contributed by atoms with Crippen molar-refractivity contribution in [2.75, 3.05) is 31.7 Å². The van der Waals surface area contributed by atoms with Crippen LogP contribution in [0.25, 0.3) is 22.2 Å². The summed E-state index contributed by atoms with van der Waals surface area (Å²) in [6.07, 6.45) is 4.79. The highest BCUT2D eigenvalue weighted by Crippen LogP contribution is 2.37. The molecule has 0 amide bonds. The topological polar surface area (TPSA) is 73.3 Å². The van der Waals surface area contributed by atoms with Crippen LogP contribution < -0.4 is 9.64 Å². The molecule has 4 aromatic rings. The molecule has 2 aromatic carbocycles. The van der Waals surface area contributed by atoms with Gasteiger partial charge in [0.1, 0.15) is 11.9 Å². The Morgan fingerprint density at radius 2 is 1.88 bits per heavy atom. The number of rotatable bonds is 5. The Balaban J connectivity index is 1.31. The number of anilines is 1. The van der Waals surface area contributed by atoms with Crippen LogP contribution in [0.15, 0.2) is 60.9 Å². The van der Waals surface area contributed by atoms with Gasteiger partial charge in [0.15, 0.2) is 0 Å². The molecule has 2 aliphatic rings. The van der Waals surface area contributed by atoms with E-state index in [-0.39, 0.29) is 12.0 Å². The van der Waals surface area contributed by atoms with Crippen LogP contribution in [-0.2, 0) is 4.74 Å².